The first kappa shape index (κ1) is 33.8. The molecular formula is C38H50O9. The summed E-state index contributed by atoms with van der Waals surface area (Å²) in [6, 6.07) is 8.92. The molecule has 0 radical (unpaired) electrons. The van der Waals surface area contributed by atoms with Crippen molar-refractivity contribution in [2.45, 2.75) is 117 Å². The quantitative estimate of drug-likeness (QED) is 0.173. The topological polar surface area (TPSA) is 126 Å². The summed E-state index contributed by atoms with van der Waals surface area (Å²) in [4.78, 5) is 64.9. The number of rotatable bonds is 10. The highest BCUT2D eigenvalue weighted by atomic mass is 16.6. The van der Waals surface area contributed by atoms with Gasteiger partial charge in [0.2, 0.25) is 0 Å². The van der Waals surface area contributed by atoms with E-state index in [0.717, 1.165) is 32.1 Å². The highest BCUT2D eigenvalue weighted by Crippen LogP contribution is 2.76. The number of esters is 3. The first-order valence-electron chi connectivity index (χ1n) is 17.5. The Morgan fingerprint density at radius 1 is 0.936 bits per heavy atom. The molecule has 1 spiro atoms. The molecule has 9 heteroatoms. The monoisotopic (exact) mass is 650 g/mol. The van der Waals surface area contributed by atoms with Crippen LogP contribution in [0.3, 0.4) is 0 Å². The SMILES string of the molecule is CC(=O)OC[C@H](C)CCC(=O)[C@H](C)[C@H]1C(=O)[C@@H]2O[C@@]23[C@@H]2CC[C@H]4C[C@@H](OC(C)=O)CC[C@]4(C)[C@H]2C[C@@H](OC(=O)c2ccccc2)[C@]13C. The second-order valence-electron chi connectivity index (χ2n) is 15.6. The van der Waals surface area contributed by atoms with Gasteiger partial charge in [0, 0.05) is 37.5 Å². The lowest BCUT2D eigenvalue weighted by Gasteiger charge is -2.62. The second kappa shape index (κ2) is 12.4. The number of ether oxygens (including phenoxy) is 4. The Bertz CT molecular complexity index is 1420. The summed E-state index contributed by atoms with van der Waals surface area (Å²) < 4.78 is 23.9. The molecular weight excluding hydrogens is 600 g/mol. The first-order chi connectivity index (χ1) is 22.2. The van der Waals surface area contributed by atoms with Gasteiger partial charge in [0.1, 0.15) is 29.7 Å². The average Bonchev–Trinajstić information content (AvgIpc) is 3.75. The molecule has 256 valence electrons. The summed E-state index contributed by atoms with van der Waals surface area (Å²) >= 11 is 0. The van der Waals surface area contributed by atoms with Gasteiger partial charge in [-0.25, -0.2) is 4.79 Å². The van der Waals surface area contributed by atoms with Crippen LogP contribution < -0.4 is 0 Å². The average molecular weight is 651 g/mol. The van der Waals surface area contributed by atoms with Crippen molar-refractivity contribution in [1.82, 2.24) is 0 Å². The number of carbonyl (C=O) groups is 5. The zero-order valence-electron chi connectivity index (χ0n) is 28.6. The molecule has 0 aromatic heterocycles. The van der Waals surface area contributed by atoms with Crippen molar-refractivity contribution in [3.05, 3.63) is 35.9 Å². The van der Waals surface area contributed by atoms with Crippen LogP contribution in [0.2, 0.25) is 0 Å². The molecule has 0 N–H and O–H groups in total. The van der Waals surface area contributed by atoms with Gasteiger partial charge >= 0.3 is 17.9 Å². The molecule has 5 aliphatic rings. The van der Waals surface area contributed by atoms with E-state index in [-0.39, 0.29) is 65.8 Å². The molecule has 0 bridgehead atoms. The number of Topliss-reactive ketones (excluding diaryl/α,β-unsaturated/α-hetero) is 2. The molecule has 5 fully saturated rings. The predicted molar refractivity (Wildman–Crippen MR) is 171 cm³/mol. The zero-order chi connectivity index (χ0) is 33.9. The summed E-state index contributed by atoms with van der Waals surface area (Å²) in [7, 11) is 0. The molecule has 4 aliphatic carbocycles. The Morgan fingerprint density at radius 2 is 1.66 bits per heavy atom. The molecule has 9 nitrogen and oxygen atoms in total. The molecule has 1 aliphatic heterocycles. The van der Waals surface area contributed by atoms with E-state index < -0.39 is 41.0 Å². The first-order valence-corrected chi connectivity index (χ1v) is 17.5. The summed E-state index contributed by atoms with van der Waals surface area (Å²) in [5.41, 5.74) is -1.32. The van der Waals surface area contributed by atoms with Gasteiger partial charge in [0.05, 0.1) is 12.2 Å². The number of epoxide rings is 1. The van der Waals surface area contributed by atoms with Crippen molar-refractivity contribution in [2.75, 3.05) is 6.61 Å². The van der Waals surface area contributed by atoms with E-state index in [1.165, 1.54) is 13.8 Å². The Morgan fingerprint density at radius 3 is 2.34 bits per heavy atom. The Balaban J connectivity index is 1.31. The van der Waals surface area contributed by atoms with Crippen molar-refractivity contribution in [3.8, 4) is 0 Å². The van der Waals surface area contributed by atoms with Gasteiger partial charge in [0.25, 0.3) is 0 Å². The van der Waals surface area contributed by atoms with Gasteiger partial charge in [-0.3, -0.25) is 19.2 Å². The Labute approximate surface area is 277 Å². The van der Waals surface area contributed by atoms with Crippen LogP contribution in [0.15, 0.2) is 30.3 Å². The number of fused-ring (bicyclic) bond motifs is 3. The van der Waals surface area contributed by atoms with Crippen LogP contribution in [0.25, 0.3) is 0 Å². The minimum atomic E-state index is -0.878. The molecule has 1 aromatic rings. The number of benzene rings is 1. The molecule has 47 heavy (non-hydrogen) atoms. The second-order valence-corrected chi connectivity index (χ2v) is 15.6. The molecule has 1 heterocycles. The summed E-state index contributed by atoms with van der Waals surface area (Å²) in [6.07, 6.45) is 4.37. The van der Waals surface area contributed by atoms with E-state index in [4.69, 9.17) is 18.9 Å². The molecule has 4 saturated carbocycles. The zero-order valence-corrected chi connectivity index (χ0v) is 28.6. The van der Waals surface area contributed by atoms with E-state index in [0.29, 0.717) is 24.3 Å². The van der Waals surface area contributed by atoms with Crippen LogP contribution >= 0.6 is 0 Å². The summed E-state index contributed by atoms with van der Waals surface area (Å²) in [5, 5.41) is 0. The fourth-order valence-corrected chi connectivity index (χ4v) is 10.6. The third kappa shape index (κ3) is 5.54. The van der Waals surface area contributed by atoms with Gasteiger partial charge in [-0.2, -0.15) is 0 Å². The van der Waals surface area contributed by atoms with E-state index in [2.05, 4.69) is 6.92 Å². The third-order valence-electron chi connectivity index (χ3n) is 13.1. The molecule has 6 rings (SSSR count). The Hall–Kier alpha value is -3.07. The maximum absolute atomic E-state index is 14.3. The van der Waals surface area contributed by atoms with Gasteiger partial charge in [0.15, 0.2) is 5.78 Å². The van der Waals surface area contributed by atoms with E-state index >= 15 is 0 Å². The van der Waals surface area contributed by atoms with Crippen LogP contribution in [0.5, 0.6) is 0 Å². The lowest BCUT2D eigenvalue weighted by molar-refractivity contribution is -0.199. The minimum Gasteiger partial charge on any atom is -0.466 e. The number of hydrogen-bond donors (Lipinski definition) is 0. The van der Waals surface area contributed by atoms with E-state index in [9.17, 15) is 24.0 Å². The van der Waals surface area contributed by atoms with Crippen molar-refractivity contribution in [2.24, 2.45) is 46.3 Å². The number of ketones is 2. The van der Waals surface area contributed by atoms with Crippen molar-refractivity contribution < 1.29 is 42.9 Å². The van der Waals surface area contributed by atoms with Gasteiger partial charge in [-0.05, 0) is 86.2 Å². The number of carbonyl (C=O) groups excluding carboxylic acids is 5. The predicted octanol–water partition coefficient (Wildman–Crippen LogP) is 5.91. The molecule has 1 aromatic carbocycles. The maximum atomic E-state index is 14.3. The smallest absolute Gasteiger partial charge is 0.338 e. The van der Waals surface area contributed by atoms with Crippen molar-refractivity contribution in [1.29, 1.82) is 0 Å². The van der Waals surface area contributed by atoms with Gasteiger partial charge in [-0.15, -0.1) is 0 Å². The van der Waals surface area contributed by atoms with E-state index in [1.807, 2.05) is 26.8 Å². The maximum Gasteiger partial charge on any atom is 0.338 e. The largest absolute Gasteiger partial charge is 0.466 e. The van der Waals surface area contributed by atoms with Crippen LogP contribution in [0.4, 0.5) is 0 Å². The molecule has 0 amide bonds. The fourth-order valence-electron chi connectivity index (χ4n) is 10.6. The van der Waals surface area contributed by atoms with Crippen LogP contribution in [-0.2, 0) is 38.1 Å². The lowest BCUT2D eigenvalue weighted by atomic mass is 9.43. The van der Waals surface area contributed by atoms with Crippen LogP contribution in [-0.4, -0.2) is 60.0 Å². The molecule has 0 unspecified atom stereocenters. The minimum absolute atomic E-state index is 0.00887. The van der Waals surface area contributed by atoms with Crippen LogP contribution in [0.1, 0.15) is 103 Å². The molecule has 1 saturated heterocycles. The number of hydrogen-bond acceptors (Lipinski definition) is 9. The summed E-state index contributed by atoms with van der Waals surface area (Å²) in [6.45, 7) is 11.2. The van der Waals surface area contributed by atoms with Crippen molar-refractivity contribution in [3.63, 3.8) is 0 Å². The van der Waals surface area contributed by atoms with E-state index in [1.54, 1.807) is 24.3 Å². The van der Waals surface area contributed by atoms with Gasteiger partial charge < -0.3 is 18.9 Å². The summed E-state index contributed by atoms with van der Waals surface area (Å²) in [5.74, 6) is -1.73. The lowest BCUT2D eigenvalue weighted by Crippen LogP contribution is -2.65. The van der Waals surface area contributed by atoms with Crippen LogP contribution in [0, 0.1) is 46.3 Å². The molecule has 12 atom stereocenters. The normalized spacial score (nSPS) is 39.6. The highest BCUT2D eigenvalue weighted by Gasteiger charge is 2.87. The standard InChI is InChI=1S/C38H50O9/c1-21(20-44-23(3)39)12-15-30(41)22(2)32-33(42)34-38(47-34)28-14-13-26-18-27(45-24(4)40)16-17-36(26,5)29(28)19-31(37(32,38)6)46-35(43)25-10-8-7-9-11-25/h7-11,21-22,26-29,31-32,34H,12-20H2,1-6H3/t21-,22+,26+,27+,28-,29+,31-,32+,34+,36+,37-,38+/m1/s1. The highest BCUT2D eigenvalue weighted by molar-refractivity contribution is 5.99. The Kier molecular flexibility index (Phi) is 8.94. The fraction of sp³-hybridized carbons (Fsp3) is 0.711. The third-order valence-corrected chi connectivity index (χ3v) is 13.1. The van der Waals surface area contributed by atoms with Gasteiger partial charge in [-0.1, -0.05) is 45.9 Å². The van der Waals surface area contributed by atoms with Crippen molar-refractivity contribution >= 4 is 29.5 Å².